The highest BCUT2D eigenvalue weighted by Crippen LogP contribution is 2.23. The van der Waals surface area contributed by atoms with Crippen LogP contribution in [0.25, 0.3) is 0 Å². The third-order valence-electron chi connectivity index (χ3n) is 4.44. The predicted molar refractivity (Wildman–Crippen MR) is 102 cm³/mol. The Hall–Kier alpha value is -2.27. The predicted octanol–water partition coefficient (Wildman–Crippen LogP) is 3.70. The van der Waals surface area contributed by atoms with Gasteiger partial charge in [-0.25, -0.2) is 0 Å². The molecule has 0 aliphatic carbocycles. The van der Waals surface area contributed by atoms with Gasteiger partial charge in [-0.05, 0) is 43.0 Å². The van der Waals surface area contributed by atoms with Crippen LogP contribution in [-0.2, 0) is 16.1 Å². The Labute approximate surface area is 152 Å². The molecule has 1 aliphatic rings. The van der Waals surface area contributed by atoms with Crippen LogP contribution < -0.4 is 5.32 Å². The number of thioether (sulfide) groups is 1. The van der Waals surface area contributed by atoms with Gasteiger partial charge in [0.05, 0.1) is 5.92 Å². The van der Waals surface area contributed by atoms with E-state index in [1.54, 1.807) is 16.7 Å². The summed E-state index contributed by atoms with van der Waals surface area (Å²) in [6.45, 7) is 3.07. The van der Waals surface area contributed by atoms with E-state index in [1.807, 2.05) is 61.7 Å². The molecule has 2 amide bonds. The van der Waals surface area contributed by atoms with E-state index in [0.717, 1.165) is 16.1 Å². The molecule has 2 aromatic rings. The maximum atomic E-state index is 12.5. The number of benzene rings is 2. The number of likely N-dealkylation sites (tertiary alicyclic amines) is 1. The van der Waals surface area contributed by atoms with E-state index in [1.165, 1.54) is 5.56 Å². The minimum absolute atomic E-state index is 0.0402. The third-order valence-corrected chi connectivity index (χ3v) is 5.18. The molecule has 0 saturated carbocycles. The normalized spacial score (nSPS) is 17.0. The van der Waals surface area contributed by atoms with Crippen molar-refractivity contribution in [2.75, 3.05) is 18.1 Å². The Bertz CT molecular complexity index is 756. The molecule has 1 atom stereocenters. The van der Waals surface area contributed by atoms with E-state index in [4.69, 9.17) is 0 Å². The topological polar surface area (TPSA) is 49.4 Å². The van der Waals surface area contributed by atoms with Crippen molar-refractivity contribution in [2.45, 2.75) is 24.8 Å². The molecule has 1 N–H and O–H groups in total. The fourth-order valence-corrected chi connectivity index (χ4v) is 3.34. The molecule has 5 heteroatoms. The van der Waals surface area contributed by atoms with Gasteiger partial charge in [-0.15, -0.1) is 11.8 Å². The lowest BCUT2D eigenvalue weighted by Crippen LogP contribution is -2.28. The number of nitrogens with one attached hydrogen (secondary N) is 1. The van der Waals surface area contributed by atoms with Crippen molar-refractivity contribution < 1.29 is 9.59 Å². The first-order chi connectivity index (χ1) is 12.0. The molecule has 4 nitrogen and oxygen atoms in total. The Morgan fingerprint density at radius 3 is 2.48 bits per heavy atom. The van der Waals surface area contributed by atoms with E-state index in [0.29, 0.717) is 13.1 Å². The number of aryl methyl sites for hydroxylation is 1. The highest BCUT2D eigenvalue weighted by molar-refractivity contribution is 7.98. The van der Waals surface area contributed by atoms with Crippen LogP contribution in [0.5, 0.6) is 0 Å². The lowest BCUT2D eigenvalue weighted by molar-refractivity contribution is -0.128. The van der Waals surface area contributed by atoms with Gasteiger partial charge >= 0.3 is 0 Å². The van der Waals surface area contributed by atoms with Crippen LogP contribution >= 0.6 is 11.8 Å². The maximum Gasteiger partial charge on any atom is 0.229 e. The zero-order valence-corrected chi connectivity index (χ0v) is 15.3. The molecular formula is C20H22N2O2S. The van der Waals surface area contributed by atoms with Crippen molar-refractivity contribution in [3.8, 4) is 0 Å². The summed E-state index contributed by atoms with van der Waals surface area (Å²) < 4.78 is 0. The second-order valence-corrected chi connectivity index (χ2v) is 7.26. The Morgan fingerprint density at radius 1 is 1.16 bits per heavy atom. The molecule has 1 saturated heterocycles. The lowest BCUT2D eigenvalue weighted by Gasteiger charge is -2.17. The number of carbonyl (C=O) groups is 2. The number of rotatable bonds is 5. The van der Waals surface area contributed by atoms with E-state index in [2.05, 4.69) is 5.32 Å². The van der Waals surface area contributed by atoms with Crippen molar-refractivity contribution in [1.82, 2.24) is 4.90 Å². The fourth-order valence-electron chi connectivity index (χ4n) is 2.93. The zero-order chi connectivity index (χ0) is 17.8. The van der Waals surface area contributed by atoms with Crippen molar-refractivity contribution in [2.24, 2.45) is 5.92 Å². The van der Waals surface area contributed by atoms with E-state index >= 15 is 0 Å². The zero-order valence-electron chi connectivity index (χ0n) is 14.5. The van der Waals surface area contributed by atoms with Crippen molar-refractivity contribution in [3.63, 3.8) is 0 Å². The Morgan fingerprint density at radius 2 is 1.84 bits per heavy atom. The monoisotopic (exact) mass is 354 g/mol. The highest BCUT2D eigenvalue weighted by Gasteiger charge is 2.34. The molecule has 0 spiro atoms. The fraction of sp³-hybridized carbons (Fsp3) is 0.300. The summed E-state index contributed by atoms with van der Waals surface area (Å²) in [5.41, 5.74) is 3.06. The van der Waals surface area contributed by atoms with Crippen LogP contribution in [0.15, 0.2) is 53.4 Å². The molecule has 1 unspecified atom stereocenters. The largest absolute Gasteiger partial charge is 0.338 e. The summed E-state index contributed by atoms with van der Waals surface area (Å²) >= 11 is 1.66. The van der Waals surface area contributed by atoms with Gasteiger partial charge in [0, 0.05) is 30.1 Å². The van der Waals surface area contributed by atoms with Gasteiger partial charge in [-0.2, -0.15) is 0 Å². The molecule has 130 valence electrons. The van der Waals surface area contributed by atoms with Gasteiger partial charge in [0.2, 0.25) is 11.8 Å². The molecule has 0 bridgehead atoms. The van der Waals surface area contributed by atoms with Crippen molar-refractivity contribution in [3.05, 3.63) is 59.7 Å². The van der Waals surface area contributed by atoms with Crippen molar-refractivity contribution >= 4 is 29.3 Å². The summed E-state index contributed by atoms with van der Waals surface area (Å²) in [6, 6.07) is 15.9. The standard InChI is InChI=1S/C20H22N2O2S/c1-14-3-5-15(6-4-14)12-22-13-16(11-19(22)23)20(24)21-17-7-9-18(25-2)10-8-17/h3-10,16H,11-13H2,1-2H3,(H,21,24). The molecule has 0 aromatic heterocycles. The van der Waals surface area contributed by atoms with Crippen LogP contribution in [0.2, 0.25) is 0 Å². The molecule has 1 heterocycles. The number of hydrogen-bond acceptors (Lipinski definition) is 3. The molecule has 1 aliphatic heterocycles. The van der Waals surface area contributed by atoms with Gasteiger partial charge in [-0.1, -0.05) is 29.8 Å². The van der Waals surface area contributed by atoms with Crippen LogP contribution in [0.4, 0.5) is 5.69 Å². The first-order valence-electron chi connectivity index (χ1n) is 8.33. The number of amides is 2. The summed E-state index contributed by atoms with van der Waals surface area (Å²) in [4.78, 5) is 27.6. The summed E-state index contributed by atoms with van der Waals surface area (Å²) in [5.74, 6) is -0.340. The van der Waals surface area contributed by atoms with Gasteiger partial charge in [0.1, 0.15) is 0 Å². The molecular weight excluding hydrogens is 332 g/mol. The average molecular weight is 354 g/mol. The van der Waals surface area contributed by atoms with E-state index in [-0.39, 0.29) is 24.2 Å². The molecule has 3 rings (SSSR count). The summed E-state index contributed by atoms with van der Waals surface area (Å²) in [5, 5.41) is 2.92. The van der Waals surface area contributed by atoms with Crippen LogP contribution in [0, 0.1) is 12.8 Å². The first kappa shape index (κ1) is 17.5. The minimum Gasteiger partial charge on any atom is -0.338 e. The number of anilines is 1. The quantitative estimate of drug-likeness (QED) is 0.833. The summed E-state index contributed by atoms with van der Waals surface area (Å²) in [7, 11) is 0. The van der Waals surface area contributed by atoms with Crippen molar-refractivity contribution in [1.29, 1.82) is 0 Å². The lowest BCUT2D eigenvalue weighted by atomic mass is 10.1. The highest BCUT2D eigenvalue weighted by atomic mass is 32.2. The smallest absolute Gasteiger partial charge is 0.229 e. The summed E-state index contributed by atoms with van der Waals surface area (Å²) in [6.07, 6.45) is 2.29. The van der Waals surface area contributed by atoms with Crippen LogP contribution in [-0.4, -0.2) is 29.5 Å². The number of carbonyl (C=O) groups excluding carboxylic acids is 2. The molecule has 1 fully saturated rings. The number of hydrogen-bond donors (Lipinski definition) is 1. The average Bonchev–Trinajstić information content (AvgIpc) is 2.98. The Balaban J connectivity index is 1.59. The van der Waals surface area contributed by atoms with E-state index < -0.39 is 0 Å². The second-order valence-electron chi connectivity index (χ2n) is 6.38. The second kappa shape index (κ2) is 7.74. The number of nitrogens with zero attached hydrogens (tertiary/aromatic N) is 1. The Kier molecular flexibility index (Phi) is 5.43. The van der Waals surface area contributed by atoms with Gasteiger partial charge in [0.25, 0.3) is 0 Å². The first-order valence-corrected chi connectivity index (χ1v) is 9.56. The van der Waals surface area contributed by atoms with Crippen LogP contribution in [0.1, 0.15) is 17.5 Å². The molecule has 2 aromatic carbocycles. The van der Waals surface area contributed by atoms with Gasteiger partial charge in [-0.3, -0.25) is 9.59 Å². The van der Waals surface area contributed by atoms with Gasteiger partial charge in [0.15, 0.2) is 0 Å². The third kappa shape index (κ3) is 4.42. The SMILES string of the molecule is CSc1ccc(NC(=O)C2CC(=O)N(Cc3ccc(C)cc3)C2)cc1. The molecule has 25 heavy (non-hydrogen) atoms. The van der Waals surface area contributed by atoms with Crippen LogP contribution in [0.3, 0.4) is 0 Å². The van der Waals surface area contributed by atoms with E-state index in [9.17, 15) is 9.59 Å². The van der Waals surface area contributed by atoms with Gasteiger partial charge < -0.3 is 10.2 Å². The molecule has 0 radical (unpaired) electrons. The minimum atomic E-state index is -0.293. The maximum absolute atomic E-state index is 12.5.